The number of anilines is 2. The molecular formula is C29H23ClF3N5O3. The van der Waals surface area contributed by atoms with E-state index in [1.54, 1.807) is 12.1 Å². The predicted octanol–water partition coefficient (Wildman–Crippen LogP) is 4.95. The largest absolute Gasteiger partial charge is 0.352 e. The van der Waals surface area contributed by atoms with Crippen LogP contribution in [0.4, 0.5) is 24.7 Å². The van der Waals surface area contributed by atoms with E-state index < -0.39 is 59.8 Å². The molecule has 8 nitrogen and oxygen atoms in total. The number of hydrogen-bond donors (Lipinski definition) is 2. The van der Waals surface area contributed by atoms with Crippen LogP contribution in [0, 0.1) is 17.1 Å². The molecule has 41 heavy (non-hydrogen) atoms. The minimum atomic E-state index is -2.94. The Labute approximate surface area is 238 Å². The van der Waals surface area contributed by atoms with Gasteiger partial charge >= 0.3 is 0 Å². The van der Waals surface area contributed by atoms with E-state index in [9.17, 15) is 32.8 Å². The number of amides is 3. The lowest BCUT2D eigenvalue weighted by atomic mass is 9.74. The summed E-state index contributed by atoms with van der Waals surface area (Å²) in [6.45, 7) is 0. The highest BCUT2D eigenvalue weighted by molar-refractivity contribution is 6.32. The highest BCUT2D eigenvalue weighted by Gasteiger charge is 2.61. The molecule has 2 aromatic carbocycles. The van der Waals surface area contributed by atoms with Crippen molar-refractivity contribution in [3.63, 3.8) is 0 Å². The molecule has 2 aliphatic rings. The van der Waals surface area contributed by atoms with Crippen LogP contribution < -0.4 is 15.5 Å². The smallest absolute Gasteiger partial charge is 0.252 e. The summed E-state index contributed by atoms with van der Waals surface area (Å²) in [5, 5.41) is 15.1. The molecule has 1 aliphatic carbocycles. The molecule has 1 aliphatic heterocycles. The lowest BCUT2D eigenvalue weighted by Crippen LogP contribution is -2.63. The third-order valence-corrected chi connectivity index (χ3v) is 7.70. The van der Waals surface area contributed by atoms with Crippen LogP contribution in [-0.4, -0.2) is 40.2 Å². The van der Waals surface area contributed by atoms with Gasteiger partial charge in [0.15, 0.2) is 5.82 Å². The minimum Gasteiger partial charge on any atom is -0.352 e. The van der Waals surface area contributed by atoms with Crippen LogP contribution in [0.2, 0.25) is 5.02 Å². The van der Waals surface area contributed by atoms with Crippen LogP contribution >= 0.6 is 11.6 Å². The number of hydrogen-bond acceptors (Lipinski definition) is 5. The molecule has 2 fully saturated rings. The quantitative estimate of drug-likeness (QED) is 0.410. The van der Waals surface area contributed by atoms with Crippen molar-refractivity contribution >= 4 is 40.8 Å². The summed E-state index contributed by atoms with van der Waals surface area (Å²) >= 11 is 6.55. The van der Waals surface area contributed by atoms with Gasteiger partial charge in [0.2, 0.25) is 11.8 Å². The molecule has 0 bridgehead atoms. The first-order valence-electron chi connectivity index (χ1n) is 12.7. The van der Waals surface area contributed by atoms with Crippen molar-refractivity contribution in [1.82, 2.24) is 10.3 Å². The van der Waals surface area contributed by atoms with Gasteiger partial charge in [-0.1, -0.05) is 35.9 Å². The predicted molar refractivity (Wildman–Crippen MR) is 144 cm³/mol. The first-order valence-corrected chi connectivity index (χ1v) is 13.1. The molecule has 1 saturated carbocycles. The Morgan fingerprint density at radius 2 is 1.88 bits per heavy atom. The van der Waals surface area contributed by atoms with E-state index in [0.29, 0.717) is 0 Å². The summed E-state index contributed by atoms with van der Waals surface area (Å²) in [7, 11) is 0. The maximum Gasteiger partial charge on any atom is 0.252 e. The Bertz CT molecular complexity index is 1570. The van der Waals surface area contributed by atoms with Crippen molar-refractivity contribution < 1.29 is 27.6 Å². The number of halogens is 4. The first kappa shape index (κ1) is 28.1. The Hall–Kier alpha value is -4.43. The average molecular weight is 582 g/mol. The average Bonchev–Trinajstić information content (AvgIpc) is 3.26. The fourth-order valence-electron chi connectivity index (χ4n) is 5.51. The Morgan fingerprint density at radius 1 is 1.12 bits per heavy atom. The van der Waals surface area contributed by atoms with Gasteiger partial charge in [-0.3, -0.25) is 19.3 Å². The molecule has 1 aromatic heterocycles. The van der Waals surface area contributed by atoms with Crippen LogP contribution in [0.3, 0.4) is 0 Å². The van der Waals surface area contributed by atoms with Gasteiger partial charge in [-0.2, -0.15) is 5.26 Å². The van der Waals surface area contributed by atoms with Gasteiger partial charge in [-0.15, -0.1) is 0 Å². The van der Waals surface area contributed by atoms with Gasteiger partial charge in [0, 0.05) is 42.2 Å². The van der Waals surface area contributed by atoms with E-state index in [1.165, 1.54) is 48.7 Å². The number of benzene rings is 2. The zero-order valence-corrected chi connectivity index (χ0v) is 22.2. The lowest BCUT2D eigenvalue weighted by molar-refractivity contribution is -0.136. The molecule has 5 rings (SSSR count). The van der Waals surface area contributed by atoms with Crippen LogP contribution in [0.1, 0.15) is 42.7 Å². The maximum atomic E-state index is 14.4. The summed E-state index contributed by atoms with van der Waals surface area (Å²) in [5.74, 6) is -7.56. The molecule has 3 aromatic rings. The highest BCUT2D eigenvalue weighted by atomic mass is 35.5. The maximum absolute atomic E-state index is 14.4. The van der Waals surface area contributed by atoms with E-state index in [2.05, 4.69) is 15.6 Å². The SMILES string of the molecule is N#Cc1cccnc1N1C(=O)CCC1(C(=O)Nc1cccc(F)c1)[C@@H](C(=O)NC1CC(F)(F)C1)c1ccccc1Cl. The van der Waals surface area contributed by atoms with Crippen molar-refractivity contribution in [1.29, 1.82) is 5.26 Å². The fourth-order valence-corrected chi connectivity index (χ4v) is 5.76. The third-order valence-electron chi connectivity index (χ3n) is 7.36. The minimum absolute atomic E-state index is 0.0392. The van der Waals surface area contributed by atoms with E-state index in [4.69, 9.17) is 11.6 Å². The van der Waals surface area contributed by atoms with Crippen LogP contribution in [0.25, 0.3) is 0 Å². The number of nitrogens with zero attached hydrogens (tertiary/aromatic N) is 3. The zero-order valence-electron chi connectivity index (χ0n) is 21.4. The zero-order chi connectivity index (χ0) is 29.4. The van der Waals surface area contributed by atoms with Crippen LogP contribution in [0.5, 0.6) is 0 Å². The number of pyridine rings is 1. The van der Waals surface area contributed by atoms with Crippen molar-refractivity contribution in [2.45, 2.75) is 49.1 Å². The number of aromatic nitrogens is 1. The van der Waals surface area contributed by atoms with Gasteiger partial charge < -0.3 is 10.6 Å². The first-order chi connectivity index (χ1) is 19.6. The highest BCUT2D eigenvalue weighted by Crippen LogP contribution is 2.48. The second-order valence-corrected chi connectivity index (χ2v) is 10.4. The molecule has 1 saturated heterocycles. The van der Waals surface area contributed by atoms with Crippen molar-refractivity contribution in [2.24, 2.45) is 0 Å². The van der Waals surface area contributed by atoms with E-state index in [-0.39, 0.29) is 40.5 Å². The molecule has 0 radical (unpaired) electrons. The molecule has 2 N–H and O–H groups in total. The number of rotatable bonds is 7. The molecular weight excluding hydrogens is 559 g/mol. The van der Waals surface area contributed by atoms with Gasteiger partial charge in [0.1, 0.15) is 17.4 Å². The number of alkyl halides is 2. The lowest BCUT2D eigenvalue weighted by Gasteiger charge is -2.43. The van der Waals surface area contributed by atoms with Gasteiger partial charge in [0.25, 0.3) is 11.8 Å². The summed E-state index contributed by atoms with van der Waals surface area (Å²) in [6.07, 6.45) is -0.278. The number of nitrogens with one attached hydrogen (secondary N) is 2. The van der Waals surface area contributed by atoms with Crippen molar-refractivity contribution in [3.05, 3.63) is 88.8 Å². The Morgan fingerprint density at radius 3 is 2.56 bits per heavy atom. The van der Waals surface area contributed by atoms with Crippen molar-refractivity contribution in [3.8, 4) is 6.07 Å². The summed E-state index contributed by atoms with van der Waals surface area (Å²) < 4.78 is 41.4. The fraction of sp³-hybridized carbons (Fsp3) is 0.276. The number of carbonyl (C=O) groups excluding carboxylic acids is 3. The number of carbonyl (C=O) groups is 3. The third kappa shape index (κ3) is 5.23. The second kappa shape index (κ2) is 10.9. The summed E-state index contributed by atoms with van der Waals surface area (Å²) in [6, 6.07) is 15.2. The molecule has 0 spiro atoms. The Kier molecular flexibility index (Phi) is 7.44. The topological polar surface area (TPSA) is 115 Å². The molecule has 3 amide bonds. The van der Waals surface area contributed by atoms with E-state index in [1.807, 2.05) is 6.07 Å². The Balaban J connectivity index is 1.71. The van der Waals surface area contributed by atoms with Gasteiger partial charge in [-0.05, 0) is 48.4 Å². The molecule has 1 unspecified atom stereocenters. The normalized spacial score (nSPS) is 20.6. The van der Waals surface area contributed by atoms with Gasteiger partial charge in [0.05, 0.1) is 11.5 Å². The monoisotopic (exact) mass is 581 g/mol. The standard InChI is InChI=1S/C29H23ClF3N5O3/c30-22-9-2-1-8-21(22)24(26(40)36-20-14-28(32,33)15-20)29(27(41)37-19-7-3-6-18(31)13-19)11-10-23(39)38(29)25-17(16-34)5-4-12-35-25/h1-9,12-13,20,24H,10-11,14-15H2,(H,36,40)(H,37,41)/t24-,29?/m1/s1. The van der Waals surface area contributed by atoms with Gasteiger partial charge in [-0.25, -0.2) is 18.2 Å². The van der Waals surface area contributed by atoms with Crippen LogP contribution in [-0.2, 0) is 14.4 Å². The summed E-state index contributed by atoms with van der Waals surface area (Å²) in [4.78, 5) is 47.3. The molecule has 210 valence electrons. The molecule has 12 heteroatoms. The van der Waals surface area contributed by atoms with E-state index in [0.717, 1.165) is 11.0 Å². The molecule has 2 atom stereocenters. The second-order valence-electron chi connectivity index (χ2n) is 10.0. The van der Waals surface area contributed by atoms with E-state index >= 15 is 0 Å². The number of nitriles is 1. The molecule has 2 heterocycles. The van der Waals surface area contributed by atoms with Crippen molar-refractivity contribution in [2.75, 3.05) is 10.2 Å². The van der Waals surface area contributed by atoms with Crippen LogP contribution in [0.15, 0.2) is 66.9 Å². The summed E-state index contributed by atoms with van der Waals surface area (Å²) in [5.41, 5.74) is -1.92.